The number of nitriles is 1. The molecule has 1 aromatic carbocycles. The van der Waals surface area contributed by atoms with Crippen LogP contribution in [-0.2, 0) is 0 Å². The second kappa shape index (κ2) is 6.12. The van der Waals surface area contributed by atoms with Crippen LogP contribution in [0.25, 0.3) is 0 Å². The maximum absolute atomic E-state index is 11.8. The van der Waals surface area contributed by atoms with Gasteiger partial charge in [0.15, 0.2) is 0 Å². The molecule has 17 heavy (non-hydrogen) atoms. The number of amides is 2. The highest BCUT2D eigenvalue weighted by molar-refractivity contribution is 6.33. The molecule has 0 saturated heterocycles. The number of benzene rings is 1. The van der Waals surface area contributed by atoms with Gasteiger partial charge in [-0.1, -0.05) is 23.7 Å². The molecule has 0 heterocycles. The van der Waals surface area contributed by atoms with Crippen LogP contribution < -0.4 is 5.32 Å². The van der Waals surface area contributed by atoms with Gasteiger partial charge in [0.1, 0.15) is 0 Å². The van der Waals surface area contributed by atoms with Crippen LogP contribution in [0.15, 0.2) is 24.3 Å². The largest absolute Gasteiger partial charge is 0.326 e. The van der Waals surface area contributed by atoms with E-state index in [0.29, 0.717) is 17.3 Å². The van der Waals surface area contributed by atoms with Crippen molar-refractivity contribution in [1.82, 2.24) is 4.90 Å². The molecule has 0 aliphatic heterocycles. The summed E-state index contributed by atoms with van der Waals surface area (Å²) >= 11 is 5.92. The molecule has 1 rings (SSSR count). The first-order chi connectivity index (χ1) is 8.04. The average molecular weight is 252 g/mol. The third-order valence-electron chi connectivity index (χ3n) is 2.23. The predicted molar refractivity (Wildman–Crippen MR) is 67.9 cm³/mol. The number of hydrogen-bond donors (Lipinski definition) is 1. The van der Waals surface area contributed by atoms with E-state index in [1.807, 2.05) is 0 Å². The number of rotatable bonds is 3. The molecule has 4 nitrogen and oxygen atoms in total. The van der Waals surface area contributed by atoms with Crippen LogP contribution in [0.1, 0.15) is 6.92 Å². The Balaban J connectivity index is 2.61. The third kappa shape index (κ3) is 3.97. The van der Waals surface area contributed by atoms with E-state index >= 15 is 0 Å². The van der Waals surface area contributed by atoms with Crippen LogP contribution in [0.4, 0.5) is 10.5 Å². The third-order valence-corrected chi connectivity index (χ3v) is 2.56. The lowest BCUT2D eigenvalue weighted by Gasteiger charge is -2.19. The molecule has 0 aliphatic carbocycles. The van der Waals surface area contributed by atoms with Gasteiger partial charge in [-0.25, -0.2) is 4.79 Å². The van der Waals surface area contributed by atoms with E-state index in [0.717, 1.165) is 0 Å². The van der Waals surface area contributed by atoms with Gasteiger partial charge in [-0.05, 0) is 19.1 Å². The van der Waals surface area contributed by atoms with E-state index in [-0.39, 0.29) is 11.9 Å². The van der Waals surface area contributed by atoms with Crippen molar-refractivity contribution in [3.05, 3.63) is 29.3 Å². The number of nitrogens with one attached hydrogen (secondary N) is 1. The van der Waals surface area contributed by atoms with Crippen molar-refractivity contribution in [2.45, 2.75) is 6.92 Å². The number of hydrogen-bond acceptors (Lipinski definition) is 2. The fraction of sp³-hybridized carbons (Fsp3) is 0.333. The molecule has 0 saturated carbocycles. The molecule has 0 fully saturated rings. The Morgan fingerprint density at radius 2 is 2.24 bits per heavy atom. The molecule has 0 spiro atoms. The first-order valence-electron chi connectivity index (χ1n) is 5.21. The quantitative estimate of drug-likeness (QED) is 0.898. The molecule has 1 atom stereocenters. The summed E-state index contributed by atoms with van der Waals surface area (Å²) in [7, 11) is 1.64. The number of carbonyl (C=O) groups excluding carboxylic acids is 1. The fourth-order valence-corrected chi connectivity index (χ4v) is 1.49. The monoisotopic (exact) mass is 251 g/mol. The highest BCUT2D eigenvalue weighted by atomic mass is 35.5. The lowest BCUT2D eigenvalue weighted by atomic mass is 10.2. The Labute approximate surface area is 106 Å². The highest BCUT2D eigenvalue weighted by Crippen LogP contribution is 2.20. The smallest absolute Gasteiger partial charge is 0.321 e. The Hall–Kier alpha value is -1.73. The molecule has 1 N–H and O–H groups in total. The van der Waals surface area contributed by atoms with Crippen molar-refractivity contribution in [3.8, 4) is 6.07 Å². The lowest BCUT2D eigenvalue weighted by Crippen LogP contribution is -2.34. The molecule has 1 unspecified atom stereocenters. The molecule has 0 aliphatic rings. The zero-order valence-corrected chi connectivity index (χ0v) is 10.5. The van der Waals surface area contributed by atoms with Crippen molar-refractivity contribution in [2.75, 3.05) is 18.9 Å². The van der Waals surface area contributed by atoms with Crippen molar-refractivity contribution >= 4 is 23.3 Å². The van der Waals surface area contributed by atoms with Gasteiger partial charge in [0.25, 0.3) is 0 Å². The summed E-state index contributed by atoms with van der Waals surface area (Å²) in [4.78, 5) is 13.2. The number of halogens is 1. The van der Waals surface area contributed by atoms with Crippen molar-refractivity contribution in [3.63, 3.8) is 0 Å². The minimum absolute atomic E-state index is 0.197. The molecule has 0 radical (unpaired) electrons. The Morgan fingerprint density at radius 1 is 1.59 bits per heavy atom. The standard InChI is InChI=1S/C12H14ClN3O/c1-9(7-14)8-16(2)12(17)15-11-6-4-3-5-10(11)13/h3-6,9H,8H2,1-2H3,(H,15,17). The van der Waals surface area contributed by atoms with Crippen LogP contribution >= 0.6 is 11.6 Å². The summed E-state index contributed by atoms with van der Waals surface area (Å²) in [6, 6.07) is 8.81. The maximum atomic E-state index is 11.8. The molecule has 2 amide bonds. The minimum Gasteiger partial charge on any atom is -0.326 e. The lowest BCUT2D eigenvalue weighted by molar-refractivity contribution is 0.219. The van der Waals surface area contributed by atoms with E-state index in [2.05, 4.69) is 11.4 Å². The summed E-state index contributed by atoms with van der Waals surface area (Å²) in [5.74, 6) is -0.197. The van der Waals surface area contributed by atoms with Gasteiger partial charge < -0.3 is 10.2 Å². The van der Waals surface area contributed by atoms with E-state index in [9.17, 15) is 4.79 Å². The number of para-hydroxylation sites is 1. The van der Waals surface area contributed by atoms with Gasteiger partial charge in [-0.3, -0.25) is 0 Å². The Kier molecular flexibility index (Phi) is 4.80. The molecule has 5 heteroatoms. The number of urea groups is 1. The van der Waals surface area contributed by atoms with Crippen LogP contribution in [0.5, 0.6) is 0 Å². The van der Waals surface area contributed by atoms with Crippen molar-refractivity contribution in [2.24, 2.45) is 5.92 Å². The second-order valence-corrected chi connectivity index (χ2v) is 4.23. The van der Waals surface area contributed by atoms with Gasteiger partial charge in [-0.2, -0.15) is 5.26 Å². The van der Waals surface area contributed by atoms with E-state index in [4.69, 9.17) is 16.9 Å². The second-order valence-electron chi connectivity index (χ2n) is 3.82. The fourth-order valence-electron chi connectivity index (χ4n) is 1.31. The first kappa shape index (κ1) is 13.3. The van der Waals surface area contributed by atoms with E-state index in [1.54, 1.807) is 38.2 Å². The van der Waals surface area contributed by atoms with Crippen molar-refractivity contribution in [1.29, 1.82) is 5.26 Å². The predicted octanol–water partition coefficient (Wildman–Crippen LogP) is 2.96. The molecule has 1 aromatic rings. The van der Waals surface area contributed by atoms with Crippen LogP contribution in [-0.4, -0.2) is 24.5 Å². The topological polar surface area (TPSA) is 56.1 Å². The van der Waals surface area contributed by atoms with E-state index < -0.39 is 0 Å². The summed E-state index contributed by atoms with van der Waals surface area (Å²) in [6.07, 6.45) is 0. The maximum Gasteiger partial charge on any atom is 0.321 e. The molecule has 90 valence electrons. The van der Waals surface area contributed by atoms with Gasteiger partial charge in [0.05, 0.1) is 22.7 Å². The molecule has 0 bridgehead atoms. The molecule has 0 aromatic heterocycles. The van der Waals surface area contributed by atoms with Crippen LogP contribution in [0.3, 0.4) is 0 Å². The number of carbonyl (C=O) groups is 1. The summed E-state index contributed by atoms with van der Waals surface area (Å²) in [5.41, 5.74) is 0.565. The van der Waals surface area contributed by atoms with Gasteiger partial charge in [0, 0.05) is 13.6 Å². The summed E-state index contributed by atoms with van der Waals surface area (Å²) in [6.45, 7) is 2.14. The zero-order chi connectivity index (χ0) is 12.8. The highest BCUT2D eigenvalue weighted by Gasteiger charge is 2.12. The van der Waals surface area contributed by atoms with Gasteiger partial charge in [0.2, 0.25) is 0 Å². The van der Waals surface area contributed by atoms with Crippen LogP contribution in [0.2, 0.25) is 5.02 Å². The first-order valence-corrected chi connectivity index (χ1v) is 5.58. The van der Waals surface area contributed by atoms with E-state index in [1.165, 1.54) is 4.90 Å². The Morgan fingerprint density at radius 3 is 2.82 bits per heavy atom. The molecular weight excluding hydrogens is 238 g/mol. The van der Waals surface area contributed by atoms with Gasteiger partial charge in [-0.15, -0.1) is 0 Å². The number of nitrogens with zero attached hydrogens (tertiary/aromatic N) is 2. The summed E-state index contributed by atoms with van der Waals surface area (Å²) in [5, 5.41) is 11.8. The van der Waals surface area contributed by atoms with Gasteiger partial charge >= 0.3 is 6.03 Å². The van der Waals surface area contributed by atoms with Crippen molar-refractivity contribution < 1.29 is 4.79 Å². The minimum atomic E-state index is -0.278. The SMILES string of the molecule is CC(C#N)CN(C)C(=O)Nc1ccccc1Cl. The molecular formula is C12H14ClN3O. The average Bonchev–Trinajstić information content (AvgIpc) is 2.31. The normalized spacial score (nSPS) is 11.4. The summed E-state index contributed by atoms with van der Waals surface area (Å²) < 4.78 is 0. The number of anilines is 1. The zero-order valence-electron chi connectivity index (χ0n) is 9.77. The Bertz CT molecular complexity index is 442. The van der Waals surface area contributed by atoms with Crippen LogP contribution in [0, 0.1) is 17.2 Å².